The van der Waals surface area contributed by atoms with Crippen molar-refractivity contribution in [3.8, 4) is 5.75 Å². The van der Waals surface area contributed by atoms with E-state index in [2.05, 4.69) is 24.4 Å². The van der Waals surface area contributed by atoms with E-state index in [0.717, 1.165) is 35.8 Å². The quantitative estimate of drug-likeness (QED) is 0.762. The number of nitrogens with one attached hydrogen (secondary N) is 1. The molecular formula is C17H20ClNO. The lowest BCUT2D eigenvalue weighted by molar-refractivity contribution is 0.306. The number of hydrogen-bond acceptors (Lipinski definition) is 2. The van der Waals surface area contributed by atoms with Crippen molar-refractivity contribution in [2.24, 2.45) is 0 Å². The fourth-order valence-corrected chi connectivity index (χ4v) is 1.99. The molecular weight excluding hydrogens is 270 g/mol. The second kappa shape index (κ2) is 7.93. The van der Waals surface area contributed by atoms with Crippen molar-refractivity contribution in [2.75, 3.05) is 6.54 Å². The van der Waals surface area contributed by atoms with E-state index >= 15 is 0 Å². The summed E-state index contributed by atoms with van der Waals surface area (Å²) in [5.74, 6) is 0.888. The molecule has 2 aromatic rings. The minimum absolute atomic E-state index is 0.560. The molecule has 0 bridgehead atoms. The van der Waals surface area contributed by atoms with Gasteiger partial charge in [0, 0.05) is 11.6 Å². The average molecular weight is 290 g/mol. The zero-order valence-electron chi connectivity index (χ0n) is 11.7. The minimum Gasteiger partial charge on any atom is -0.489 e. The SMILES string of the molecule is CCCNCc1ccc(OCc2ccc(Cl)cc2)cc1. The van der Waals surface area contributed by atoms with Gasteiger partial charge < -0.3 is 10.1 Å². The fraction of sp³-hybridized carbons (Fsp3) is 0.294. The molecule has 1 N–H and O–H groups in total. The van der Waals surface area contributed by atoms with Crippen LogP contribution in [-0.4, -0.2) is 6.54 Å². The van der Waals surface area contributed by atoms with E-state index in [0.29, 0.717) is 6.61 Å². The molecule has 20 heavy (non-hydrogen) atoms. The summed E-state index contributed by atoms with van der Waals surface area (Å²) in [6.45, 7) is 4.69. The Labute approximate surface area is 125 Å². The van der Waals surface area contributed by atoms with E-state index in [-0.39, 0.29) is 0 Å². The first-order chi connectivity index (χ1) is 9.78. The number of rotatable bonds is 7. The Morgan fingerprint density at radius 2 is 1.60 bits per heavy atom. The topological polar surface area (TPSA) is 21.3 Å². The second-order valence-electron chi connectivity index (χ2n) is 4.74. The molecule has 3 heteroatoms. The highest BCUT2D eigenvalue weighted by Gasteiger charge is 1.97. The number of halogens is 1. The van der Waals surface area contributed by atoms with Crippen molar-refractivity contribution < 1.29 is 4.74 Å². The number of benzene rings is 2. The smallest absolute Gasteiger partial charge is 0.119 e. The van der Waals surface area contributed by atoms with Crippen LogP contribution < -0.4 is 10.1 Å². The van der Waals surface area contributed by atoms with Gasteiger partial charge in [-0.3, -0.25) is 0 Å². The molecule has 0 aliphatic carbocycles. The molecule has 0 radical (unpaired) electrons. The van der Waals surface area contributed by atoms with Gasteiger partial charge >= 0.3 is 0 Å². The Bertz CT molecular complexity index is 508. The Morgan fingerprint density at radius 3 is 2.25 bits per heavy atom. The maximum Gasteiger partial charge on any atom is 0.119 e. The summed E-state index contributed by atoms with van der Waals surface area (Å²) in [6, 6.07) is 15.9. The van der Waals surface area contributed by atoms with Crippen molar-refractivity contribution in [2.45, 2.75) is 26.5 Å². The lowest BCUT2D eigenvalue weighted by Gasteiger charge is -2.08. The minimum atomic E-state index is 0.560. The van der Waals surface area contributed by atoms with E-state index in [1.54, 1.807) is 0 Å². The van der Waals surface area contributed by atoms with E-state index in [1.807, 2.05) is 36.4 Å². The highest BCUT2D eigenvalue weighted by molar-refractivity contribution is 6.30. The third-order valence-electron chi connectivity index (χ3n) is 3.00. The van der Waals surface area contributed by atoms with Crippen molar-refractivity contribution in [3.05, 3.63) is 64.7 Å². The molecule has 0 aliphatic heterocycles. The lowest BCUT2D eigenvalue weighted by Crippen LogP contribution is -2.13. The molecule has 2 rings (SSSR count). The molecule has 0 unspecified atom stereocenters. The summed E-state index contributed by atoms with van der Waals surface area (Å²) in [5.41, 5.74) is 2.39. The highest BCUT2D eigenvalue weighted by Crippen LogP contribution is 2.15. The second-order valence-corrected chi connectivity index (χ2v) is 5.17. The predicted molar refractivity (Wildman–Crippen MR) is 84.2 cm³/mol. The molecule has 0 atom stereocenters. The summed E-state index contributed by atoms with van der Waals surface area (Å²) in [4.78, 5) is 0. The monoisotopic (exact) mass is 289 g/mol. The van der Waals surface area contributed by atoms with Gasteiger partial charge in [-0.15, -0.1) is 0 Å². The lowest BCUT2D eigenvalue weighted by atomic mass is 10.2. The van der Waals surface area contributed by atoms with Crippen molar-refractivity contribution in [1.82, 2.24) is 5.32 Å². The highest BCUT2D eigenvalue weighted by atomic mass is 35.5. The Kier molecular flexibility index (Phi) is 5.90. The molecule has 2 aromatic carbocycles. The van der Waals surface area contributed by atoms with Crippen molar-refractivity contribution >= 4 is 11.6 Å². The van der Waals surface area contributed by atoms with Gasteiger partial charge in [0.15, 0.2) is 0 Å². The molecule has 0 fully saturated rings. The van der Waals surface area contributed by atoms with Crippen molar-refractivity contribution in [1.29, 1.82) is 0 Å². The summed E-state index contributed by atoms with van der Waals surface area (Å²) in [6.07, 6.45) is 1.16. The Balaban J connectivity index is 1.82. The normalized spacial score (nSPS) is 10.5. The van der Waals surface area contributed by atoms with Crippen LogP contribution in [0.25, 0.3) is 0 Å². The maximum absolute atomic E-state index is 5.85. The van der Waals surface area contributed by atoms with E-state index in [4.69, 9.17) is 16.3 Å². The molecule has 0 amide bonds. The van der Waals surface area contributed by atoms with Gasteiger partial charge in [-0.1, -0.05) is 42.8 Å². The summed E-state index contributed by atoms with van der Waals surface area (Å²) < 4.78 is 5.75. The first kappa shape index (κ1) is 14.9. The van der Waals surface area contributed by atoms with Crippen LogP contribution >= 0.6 is 11.6 Å². The van der Waals surface area contributed by atoms with E-state index in [9.17, 15) is 0 Å². The Hall–Kier alpha value is -1.51. The largest absolute Gasteiger partial charge is 0.489 e. The molecule has 0 spiro atoms. The van der Waals surface area contributed by atoms with Gasteiger partial charge in [-0.25, -0.2) is 0 Å². The van der Waals surface area contributed by atoms with Crippen LogP contribution in [0.15, 0.2) is 48.5 Å². The molecule has 0 aromatic heterocycles. The van der Waals surface area contributed by atoms with Gasteiger partial charge in [0.2, 0.25) is 0 Å². The van der Waals surface area contributed by atoms with Gasteiger partial charge in [-0.2, -0.15) is 0 Å². The van der Waals surface area contributed by atoms with Crippen LogP contribution in [0, 0.1) is 0 Å². The molecule has 0 heterocycles. The van der Waals surface area contributed by atoms with E-state index in [1.165, 1.54) is 5.56 Å². The first-order valence-electron chi connectivity index (χ1n) is 6.95. The van der Waals surface area contributed by atoms with Crippen LogP contribution in [0.2, 0.25) is 5.02 Å². The fourth-order valence-electron chi connectivity index (χ4n) is 1.86. The first-order valence-corrected chi connectivity index (χ1v) is 7.32. The van der Waals surface area contributed by atoms with E-state index < -0.39 is 0 Å². The third kappa shape index (κ3) is 4.87. The Morgan fingerprint density at radius 1 is 0.950 bits per heavy atom. The van der Waals surface area contributed by atoms with Gasteiger partial charge in [0.25, 0.3) is 0 Å². The van der Waals surface area contributed by atoms with Crippen LogP contribution in [0.3, 0.4) is 0 Å². The summed E-state index contributed by atoms with van der Waals surface area (Å²) in [5, 5.41) is 4.13. The van der Waals surface area contributed by atoms with Gasteiger partial charge in [-0.05, 0) is 48.4 Å². The van der Waals surface area contributed by atoms with Gasteiger partial charge in [0.1, 0.15) is 12.4 Å². The molecule has 2 nitrogen and oxygen atoms in total. The van der Waals surface area contributed by atoms with Crippen LogP contribution in [-0.2, 0) is 13.2 Å². The predicted octanol–water partition coefficient (Wildman–Crippen LogP) is 4.42. The zero-order chi connectivity index (χ0) is 14.2. The van der Waals surface area contributed by atoms with Gasteiger partial charge in [0.05, 0.1) is 0 Å². The molecule has 106 valence electrons. The number of ether oxygens (including phenoxy) is 1. The molecule has 0 saturated heterocycles. The third-order valence-corrected chi connectivity index (χ3v) is 3.25. The van der Waals surface area contributed by atoms with Crippen LogP contribution in [0.5, 0.6) is 5.75 Å². The summed E-state index contributed by atoms with van der Waals surface area (Å²) in [7, 11) is 0. The van der Waals surface area contributed by atoms with Crippen LogP contribution in [0.1, 0.15) is 24.5 Å². The average Bonchev–Trinajstić information content (AvgIpc) is 2.48. The number of hydrogen-bond donors (Lipinski definition) is 1. The molecule has 0 aliphatic rings. The van der Waals surface area contributed by atoms with Crippen molar-refractivity contribution in [3.63, 3.8) is 0 Å². The zero-order valence-corrected chi connectivity index (χ0v) is 12.5. The standard InChI is InChI=1S/C17H20ClNO/c1-2-11-19-12-14-5-9-17(10-6-14)20-13-15-3-7-16(18)8-4-15/h3-10,19H,2,11-13H2,1H3. The maximum atomic E-state index is 5.85. The summed E-state index contributed by atoms with van der Waals surface area (Å²) >= 11 is 5.85. The van der Waals surface area contributed by atoms with Crippen LogP contribution in [0.4, 0.5) is 0 Å². The molecule has 0 saturated carbocycles.